The van der Waals surface area contributed by atoms with E-state index in [2.05, 4.69) is 15.2 Å². The summed E-state index contributed by atoms with van der Waals surface area (Å²) in [7, 11) is 5.07. The van der Waals surface area contributed by atoms with Crippen molar-refractivity contribution in [1.29, 1.82) is 0 Å². The molecule has 0 unspecified atom stereocenters. The molecule has 4 rings (SSSR count). The lowest BCUT2D eigenvalue weighted by Gasteiger charge is -2.09. The van der Waals surface area contributed by atoms with Crippen molar-refractivity contribution in [2.75, 3.05) is 14.2 Å². The molecule has 27 heavy (non-hydrogen) atoms. The van der Waals surface area contributed by atoms with Gasteiger partial charge in [-0.15, -0.1) is 0 Å². The minimum Gasteiger partial charge on any atom is -0.493 e. The van der Waals surface area contributed by atoms with Gasteiger partial charge in [0.05, 0.1) is 25.5 Å². The van der Waals surface area contributed by atoms with Crippen LogP contribution in [0.1, 0.15) is 0 Å². The molecule has 136 valence electrons. The lowest BCUT2D eigenvalue weighted by molar-refractivity contribution is 0.353. The third-order valence-electron chi connectivity index (χ3n) is 4.30. The van der Waals surface area contributed by atoms with Crippen molar-refractivity contribution in [3.05, 3.63) is 54.7 Å². The van der Waals surface area contributed by atoms with Gasteiger partial charge in [0.25, 0.3) is 5.89 Å². The number of ether oxygens (including phenoxy) is 2. The van der Waals surface area contributed by atoms with Crippen molar-refractivity contribution >= 4 is 0 Å². The summed E-state index contributed by atoms with van der Waals surface area (Å²) in [6.07, 6.45) is 1.77. The van der Waals surface area contributed by atoms with Gasteiger partial charge in [0.15, 0.2) is 11.5 Å². The van der Waals surface area contributed by atoms with Crippen LogP contribution in [0.3, 0.4) is 0 Å². The molecule has 0 spiro atoms. The van der Waals surface area contributed by atoms with Gasteiger partial charge in [0.1, 0.15) is 0 Å². The maximum absolute atomic E-state index is 5.49. The molecule has 0 aliphatic rings. The summed E-state index contributed by atoms with van der Waals surface area (Å²) in [6.45, 7) is 0. The molecular formula is C20H18N4O3. The molecule has 0 radical (unpaired) electrons. The Hall–Kier alpha value is -3.61. The summed E-state index contributed by atoms with van der Waals surface area (Å²) in [5.74, 6) is 2.03. The number of hydrogen-bond acceptors (Lipinski definition) is 6. The number of rotatable bonds is 5. The first kappa shape index (κ1) is 16.8. The average molecular weight is 362 g/mol. The first-order chi connectivity index (χ1) is 13.2. The maximum atomic E-state index is 5.49. The van der Waals surface area contributed by atoms with Crippen LogP contribution in [-0.4, -0.2) is 34.1 Å². The topological polar surface area (TPSA) is 75.2 Å². The molecule has 0 saturated heterocycles. The van der Waals surface area contributed by atoms with Crippen LogP contribution in [0.15, 0.2) is 59.3 Å². The average Bonchev–Trinajstić information content (AvgIpc) is 3.36. The fourth-order valence-corrected chi connectivity index (χ4v) is 2.98. The van der Waals surface area contributed by atoms with E-state index in [1.807, 2.05) is 60.3 Å². The van der Waals surface area contributed by atoms with E-state index in [0.717, 1.165) is 16.8 Å². The predicted octanol–water partition coefficient (Wildman–Crippen LogP) is 3.82. The molecule has 0 saturated carbocycles. The van der Waals surface area contributed by atoms with Crippen LogP contribution >= 0.6 is 0 Å². The van der Waals surface area contributed by atoms with Crippen LogP contribution in [0.2, 0.25) is 0 Å². The Balaban J connectivity index is 1.73. The molecule has 2 aromatic heterocycles. The fourth-order valence-electron chi connectivity index (χ4n) is 2.98. The standard InChI is InChI=1S/C20H18N4O3/c1-24-16(10-11-21-24)13-6-4-7-14(12-13)19-22-20(27-23-19)15-8-5-9-17(25-2)18(15)26-3/h4-12H,1-3H3. The van der Waals surface area contributed by atoms with E-state index >= 15 is 0 Å². The summed E-state index contributed by atoms with van der Waals surface area (Å²) in [5, 5.41) is 8.35. The van der Waals surface area contributed by atoms with Gasteiger partial charge < -0.3 is 14.0 Å². The van der Waals surface area contributed by atoms with Crippen LogP contribution in [0.5, 0.6) is 11.5 Å². The Morgan fingerprint density at radius 2 is 1.78 bits per heavy atom. The van der Waals surface area contributed by atoms with E-state index in [-0.39, 0.29) is 0 Å². The Labute approximate surface area is 156 Å². The molecule has 2 aromatic carbocycles. The molecule has 2 heterocycles. The van der Waals surface area contributed by atoms with Gasteiger partial charge in [0.2, 0.25) is 5.82 Å². The number of nitrogens with zero attached hydrogens (tertiary/aromatic N) is 4. The highest BCUT2D eigenvalue weighted by Gasteiger charge is 2.18. The monoisotopic (exact) mass is 362 g/mol. The SMILES string of the molecule is COc1cccc(-c2nc(-c3cccc(-c4ccnn4C)c3)no2)c1OC. The second-order valence-electron chi connectivity index (χ2n) is 5.89. The Morgan fingerprint density at radius 1 is 0.963 bits per heavy atom. The van der Waals surface area contributed by atoms with Gasteiger partial charge in [-0.2, -0.15) is 10.1 Å². The maximum Gasteiger partial charge on any atom is 0.262 e. The molecule has 0 fully saturated rings. The number of hydrogen-bond donors (Lipinski definition) is 0. The summed E-state index contributed by atoms with van der Waals surface area (Å²) in [5.41, 5.74) is 3.57. The summed E-state index contributed by atoms with van der Waals surface area (Å²) in [4.78, 5) is 4.54. The Kier molecular flexibility index (Phi) is 4.33. The zero-order valence-corrected chi connectivity index (χ0v) is 15.2. The highest BCUT2D eigenvalue weighted by molar-refractivity contribution is 5.71. The summed E-state index contributed by atoms with van der Waals surface area (Å²) >= 11 is 0. The Morgan fingerprint density at radius 3 is 2.52 bits per heavy atom. The van der Waals surface area contributed by atoms with E-state index in [0.29, 0.717) is 28.8 Å². The molecule has 4 aromatic rings. The smallest absolute Gasteiger partial charge is 0.262 e. The largest absolute Gasteiger partial charge is 0.493 e. The Bertz CT molecular complexity index is 1080. The highest BCUT2D eigenvalue weighted by Crippen LogP contribution is 2.37. The van der Waals surface area contributed by atoms with Crippen LogP contribution < -0.4 is 9.47 Å². The van der Waals surface area contributed by atoms with Crippen LogP contribution in [0, 0.1) is 0 Å². The van der Waals surface area contributed by atoms with Crippen molar-refractivity contribution in [2.45, 2.75) is 0 Å². The third-order valence-corrected chi connectivity index (χ3v) is 4.30. The van der Waals surface area contributed by atoms with Gasteiger partial charge in [-0.25, -0.2) is 0 Å². The van der Waals surface area contributed by atoms with Gasteiger partial charge in [-0.3, -0.25) is 4.68 Å². The van der Waals surface area contributed by atoms with Crippen LogP contribution in [-0.2, 0) is 7.05 Å². The molecule has 0 atom stereocenters. The molecule has 0 aliphatic heterocycles. The first-order valence-electron chi connectivity index (χ1n) is 8.35. The number of aryl methyl sites for hydroxylation is 1. The van der Waals surface area contributed by atoms with E-state index < -0.39 is 0 Å². The molecule has 7 heteroatoms. The van der Waals surface area contributed by atoms with Gasteiger partial charge >= 0.3 is 0 Å². The number of methoxy groups -OCH3 is 2. The van der Waals surface area contributed by atoms with Crippen LogP contribution in [0.25, 0.3) is 34.1 Å². The number of aromatic nitrogens is 4. The minimum absolute atomic E-state index is 0.367. The molecular weight excluding hydrogens is 344 g/mol. The molecule has 0 N–H and O–H groups in total. The molecule has 0 bridgehead atoms. The van der Waals surface area contributed by atoms with Gasteiger partial charge in [-0.05, 0) is 24.3 Å². The first-order valence-corrected chi connectivity index (χ1v) is 8.35. The third kappa shape index (κ3) is 3.03. The minimum atomic E-state index is 0.367. The fraction of sp³-hybridized carbons (Fsp3) is 0.150. The second kappa shape index (κ2) is 6.95. The van der Waals surface area contributed by atoms with Crippen molar-refractivity contribution in [3.8, 4) is 45.6 Å². The van der Waals surface area contributed by atoms with E-state index in [1.165, 1.54) is 0 Å². The zero-order valence-electron chi connectivity index (χ0n) is 15.2. The summed E-state index contributed by atoms with van der Waals surface area (Å²) < 4.78 is 18.1. The van der Waals surface area contributed by atoms with E-state index in [4.69, 9.17) is 14.0 Å². The van der Waals surface area contributed by atoms with E-state index in [9.17, 15) is 0 Å². The lowest BCUT2D eigenvalue weighted by Crippen LogP contribution is -1.94. The van der Waals surface area contributed by atoms with Crippen molar-refractivity contribution < 1.29 is 14.0 Å². The van der Waals surface area contributed by atoms with E-state index in [1.54, 1.807) is 20.4 Å². The zero-order chi connectivity index (χ0) is 18.8. The van der Waals surface area contributed by atoms with Crippen molar-refractivity contribution in [2.24, 2.45) is 7.05 Å². The molecule has 0 amide bonds. The molecule has 0 aliphatic carbocycles. The predicted molar refractivity (Wildman–Crippen MR) is 100 cm³/mol. The molecule has 7 nitrogen and oxygen atoms in total. The van der Waals surface area contributed by atoms with Gasteiger partial charge in [0, 0.05) is 24.4 Å². The second-order valence-corrected chi connectivity index (χ2v) is 5.89. The summed E-state index contributed by atoms with van der Waals surface area (Å²) in [6, 6.07) is 15.4. The van der Waals surface area contributed by atoms with Crippen LogP contribution in [0.4, 0.5) is 0 Å². The van der Waals surface area contributed by atoms with Crippen molar-refractivity contribution in [3.63, 3.8) is 0 Å². The lowest BCUT2D eigenvalue weighted by atomic mass is 10.1. The van der Waals surface area contributed by atoms with Gasteiger partial charge in [-0.1, -0.05) is 29.4 Å². The number of benzene rings is 2. The van der Waals surface area contributed by atoms with Crippen molar-refractivity contribution in [1.82, 2.24) is 19.9 Å². The number of para-hydroxylation sites is 1. The normalized spacial score (nSPS) is 10.8. The highest BCUT2D eigenvalue weighted by atomic mass is 16.5. The quantitative estimate of drug-likeness (QED) is 0.537.